The average molecular weight is 306 g/mol. The number of aromatic nitrogens is 2. The smallest absolute Gasteiger partial charge is 0.341 e. The third-order valence-corrected chi connectivity index (χ3v) is 3.17. The number of para-hydroxylation sites is 1. The van der Waals surface area contributed by atoms with Crippen LogP contribution in [0.25, 0.3) is 11.3 Å². The molecule has 0 N–H and O–H groups in total. The molecule has 0 radical (unpaired) electrons. The maximum absolute atomic E-state index is 11.9. The number of methoxy groups -OCH3 is 1. The summed E-state index contributed by atoms with van der Waals surface area (Å²) in [5, 5.41) is 0. The molecule has 0 atom stereocenters. The Bertz CT molecular complexity index is 805. The number of hydrogen-bond donors (Lipinski definition) is 0. The monoisotopic (exact) mass is 306 g/mol. The molecule has 0 saturated heterocycles. The Hall–Kier alpha value is -3.21. The molecule has 0 aliphatic carbocycles. The molecular weight excluding hydrogens is 292 g/mol. The highest BCUT2D eigenvalue weighted by atomic mass is 16.5. The molecule has 5 nitrogen and oxygen atoms in total. The molecule has 0 unspecified atom stereocenters. The Morgan fingerprint density at radius 1 is 0.957 bits per heavy atom. The molecule has 5 heteroatoms. The number of benzene rings is 2. The first-order valence-corrected chi connectivity index (χ1v) is 7.01. The van der Waals surface area contributed by atoms with E-state index in [0.29, 0.717) is 17.0 Å². The van der Waals surface area contributed by atoms with Crippen LogP contribution in [0, 0.1) is 0 Å². The maximum Gasteiger partial charge on any atom is 0.341 e. The topological polar surface area (TPSA) is 61.3 Å². The van der Waals surface area contributed by atoms with E-state index in [2.05, 4.69) is 9.97 Å². The lowest BCUT2D eigenvalue weighted by atomic mass is 10.1. The largest absolute Gasteiger partial charge is 0.465 e. The molecule has 3 aromatic rings. The first-order valence-electron chi connectivity index (χ1n) is 7.01. The van der Waals surface area contributed by atoms with Gasteiger partial charge in [-0.05, 0) is 12.1 Å². The Morgan fingerprint density at radius 2 is 1.61 bits per heavy atom. The van der Waals surface area contributed by atoms with Gasteiger partial charge in [0.05, 0.1) is 12.8 Å². The van der Waals surface area contributed by atoms with Gasteiger partial charge in [0.15, 0.2) is 0 Å². The molecule has 0 amide bonds. The summed E-state index contributed by atoms with van der Waals surface area (Å²) in [6.45, 7) is 0. The summed E-state index contributed by atoms with van der Waals surface area (Å²) in [6, 6.07) is 18.7. The minimum atomic E-state index is -0.491. The number of rotatable bonds is 4. The van der Waals surface area contributed by atoms with Gasteiger partial charge in [0, 0.05) is 11.8 Å². The van der Waals surface area contributed by atoms with Crippen molar-refractivity contribution in [2.45, 2.75) is 0 Å². The molecule has 23 heavy (non-hydrogen) atoms. The number of carbonyl (C=O) groups is 1. The zero-order valence-corrected chi connectivity index (χ0v) is 12.5. The van der Waals surface area contributed by atoms with E-state index in [1.165, 1.54) is 13.3 Å². The van der Waals surface area contributed by atoms with Gasteiger partial charge in [-0.1, -0.05) is 48.5 Å². The highest BCUT2D eigenvalue weighted by Crippen LogP contribution is 2.25. The van der Waals surface area contributed by atoms with Crippen molar-refractivity contribution < 1.29 is 14.3 Å². The predicted octanol–water partition coefficient (Wildman–Crippen LogP) is 3.72. The summed E-state index contributed by atoms with van der Waals surface area (Å²) in [5.41, 5.74) is 1.55. The zero-order valence-electron chi connectivity index (χ0n) is 12.5. The number of hydrogen-bond acceptors (Lipinski definition) is 5. The van der Waals surface area contributed by atoms with Gasteiger partial charge in [-0.15, -0.1) is 0 Å². The Labute approximate surface area is 133 Å². The van der Waals surface area contributed by atoms with Crippen LogP contribution in [0.1, 0.15) is 10.4 Å². The SMILES string of the molecule is COC(=O)c1cnc(Oc2ccccc2)nc1-c1ccccc1. The average Bonchev–Trinajstić information content (AvgIpc) is 2.62. The van der Waals surface area contributed by atoms with Crippen LogP contribution in [0.15, 0.2) is 66.9 Å². The van der Waals surface area contributed by atoms with E-state index in [4.69, 9.17) is 9.47 Å². The molecule has 114 valence electrons. The van der Waals surface area contributed by atoms with E-state index >= 15 is 0 Å². The fraction of sp³-hybridized carbons (Fsp3) is 0.0556. The van der Waals surface area contributed by atoms with Gasteiger partial charge in [-0.2, -0.15) is 4.98 Å². The minimum Gasteiger partial charge on any atom is -0.465 e. The van der Waals surface area contributed by atoms with Gasteiger partial charge >= 0.3 is 12.0 Å². The summed E-state index contributed by atoms with van der Waals surface area (Å²) in [7, 11) is 1.32. The van der Waals surface area contributed by atoms with Crippen molar-refractivity contribution >= 4 is 5.97 Å². The predicted molar refractivity (Wildman–Crippen MR) is 85.3 cm³/mol. The van der Waals surface area contributed by atoms with E-state index in [0.717, 1.165) is 5.56 Å². The summed E-state index contributed by atoms with van der Waals surface area (Å²) < 4.78 is 10.4. The standard InChI is InChI=1S/C18H14N2O3/c1-22-17(21)15-12-19-18(23-14-10-6-3-7-11-14)20-16(15)13-8-4-2-5-9-13/h2-12H,1H3. The Morgan fingerprint density at radius 3 is 2.26 bits per heavy atom. The second-order valence-corrected chi connectivity index (χ2v) is 4.69. The fourth-order valence-corrected chi connectivity index (χ4v) is 2.08. The van der Waals surface area contributed by atoms with Crippen molar-refractivity contribution in [1.82, 2.24) is 9.97 Å². The van der Waals surface area contributed by atoms with Gasteiger partial charge in [0.25, 0.3) is 0 Å². The molecule has 0 aliphatic rings. The summed E-state index contributed by atoms with van der Waals surface area (Å²) in [5.74, 6) is 0.132. The molecule has 2 aromatic carbocycles. The second-order valence-electron chi connectivity index (χ2n) is 4.69. The quantitative estimate of drug-likeness (QED) is 0.687. The zero-order chi connectivity index (χ0) is 16.1. The highest BCUT2D eigenvalue weighted by Gasteiger charge is 2.17. The second kappa shape index (κ2) is 6.70. The van der Waals surface area contributed by atoms with Crippen LogP contribution in [0.5, 0.6) is 11.8 Å². The van der Waals surface area contributed by atoms with Crippen molar-refractivity contribution in [3.63, 3.8) is 0 Å². The van der Waals surface area contributed by atoms with Crippen LogP contribution in [-0.2, 0) is 4.74 Å². The van der Waals surface area contributed by atoms with Crippen molar-refractivity contribution in [3.8, 4) is 23.0 Å². The summed E-state index contributed by atoms with van der Waals surface area (Å²) in [4.78, 5) is 20.4. The summed E-state index contributed by atoms with van der Waals surface area (Å²) >= 11 is 0. The molecule has 0 bridgehead atoms. The third-order valence-electron chi connectivity index (χ3n) is 3.17. The van der Waals surface area contributed by atoms with E-state index in [-0.39, 0.29) is 6.01 Å². The van der Waals surface area contributed by atoms with Gasteiger partial charge in [-0.25, -0.2) is 9.78 Å². The molecule has 1 aromatic heterocycles. The lowest BCUT2D eigenvalue weighted by Gasteiger charge is -2.09. The van der Waals surface area contributed by atoms with E-state index in [1.54, 1.807) is 12.1 Å². The van der Waals surface area contributed by atoms with Crippen LogP contribution < -0.4 is 4.74 Å². The molecule has 0 aliphatic heterocycles. The first-order chi connectivity index (χ1) is 11.3. The minimum absolute atomic E-state index is 0.169. The van der Waals surface area contributed by atoms with E-state index in [9.17, 15) is 4.79 Å². The van der Waals surface area contributed by atoms with Gasteiger partial charge in [0.1, 0.15) is 11.3 Å². The van der Waals surface area contributed by atoms with Crippen LogP contribution in [0.4, 0.5) is 0 Å². The number of carbonyl (C=O) groups excluding carboxylic acids is 1. The lowest BCUT2D eigenvalue weighted by Crippen LogP contribution is -2.07. The molecular formula is C18H14N2O3. The number of ether oxygens (including phenoxy) is 2. The molecule has 0 spiro atoms. The molecule has 1 heterocycles. The maximum atomic E-state index is 11.9. The normalized spacial score (nSPS) is 10.1. The van der Waals surface area contributed by atoms with Crippen molar-refractivity contribution in [2.75, 3.05) is 7.11 Å². The van der Waals surface area contributed by atoms with Crippen molar-refractivity contribution in [3.05, 3.63) is 72.4 Å². The van der Waals surface area contributed by atoms with Crippen LogP contribution >= 0.6 is 0 Å². The third kappa shape index (κ3) is 3.35. The van der Waals surface area contributed by atoms with Crippen molar-refractivity contribution in [1.29, 1.82) is 0 Å². The summed E-state index contributed by atoms with van der Waals surface area (Å²) in [6.07, 6.45) is 1.42. The van der Waals surface area contributed by atoms with Gasteiger partial charge in [0.2, 0.25) is 0 Å². The molecule has 3 rings (SSSR count). The number of nitrogens with zero attached hydrogens (tertiary/aromatic N) is 2. The lowest BCUT2D eigenvalue weighted by molar-refractivity contribution is 0.0600. The Kier molecular flexibility index (Phi) is 4.29. The number of esters is 1. The van der Waals surface area contributed by atoms with Crippen LogP contribution in [0.2, 0.25) is 0 Å². The van der Waals surface area contributed by atoms with Crippen molar-refractivity contribution in [2.24, 2.45) is 0 Å². The highest BCUT2D eigenvalue weighted by molar-refractivity contribution is 5.95. The van der Waals surface area contributed by atoms with Gasteiger partial charge in [-0.3, -0.25) is 0 Å². The van der Waals surface area contributed by atoms with Gasteiger partial charge < -0.3 is 9.47 Å². The van der Waals surface area contributed by atoms with E-state index in [1.807, 2.05) is 48.5 Å². The molecule has 0 fully saturated rings. The molecule has 0 saturated carbocycles. The fourth-order valence-electron chi connectivity index (χ4n) is 2.08. The van der Waals surface area contributed by atoms with E-state index < -0.39 is 5.97 Å². The van der Waals surface area contributed by atoms with Crippen LogP contribution in [-0.4, -0.2) is 23.0 Å². The Balaban J connectivity index is 2.03. The van der Waals surface area contributed by atoms with Crippen LogP contribution in [0.3, 0.4) is 0 Å². The first kappa shape index (κ1) is 14.7.